The number of amides is 2. The van der Waals surface area contributed by atoms with E-state index in [2.05, 4.69) is 21.0 Å². The second kappa shape index (κ2) is 7.70. The van der Waals surface area contributed by atoms with Gasteiger partial charge in [0.15, 0.2) is 0 Å². The molecule has 0 radical (unpaired) electrons. The Morgan fingerprint density at radius 1 is 1.19 bits per heavy atom. The van der Waals surface area contributed by atoms with Crippen molar-refractivity contribution in [1.82, 2.24) is 15.1 Å². The zero-order chi connectivity index (χ0) is 19.5. The molecule has 1 aromatic heterocycles. The first kappa shape index (κ1) is 19.7. The van der Waals surface area contributed by atoms with Gasteiger partial charge in [0.25, 0.3) is 0 Å². The van der Waals surface area contributed by atoms with Crippen LogP contribution in [0.4, 0.5) is 11.4 Å². The molecule has 7 heteroatoms. The van der Waals surface area contributed by atoms with Gasteiger partial charge in [0.2, 0.25) is 11.8 Å². The number of benzene rings is 1. The van der Waals surface area contributed by atoms with E-state index in [1.165, 1.54) is 0 Å². The van der Waals surface area contributed by atoms with Gasteiger partial charge in [-0.15, -0.1) is 0 Å². The van der Waals surface area contributed by atoms with Crippen LogP contribution in [0.1, 0.15) is 37.9 Å². The molecule has 2 aromatic rings. The second-order valence-corrected chi connectivity index (χ2v) is 7.39. The lowest BCUT2D eigenvalue weighted by Gasteiger charge is -2.20. The van der Waals surface area contributed by atoms with E-state index in [1.54, 1.807) is 37.2 Å². The number of aromatic nitrogens is 2. The van der Waals surface area contributed by atoms with Gasteiger partial charge in [0.1, 0.15) is 6.04 Å². The molecule has 0 fully saturated rings. The molecule has 2 rings (SSSR count). The second-order valence-electron chi connectivity index (χ2n) is 7.39. The zero-order valence-electron chi connectivity index (χ0n) is 16.2. The Labute approximate surface area is 154 Å². The van der Waals surface area contributed by atoms with Gasteiger partial charge in [-0.05, 0) is 31.7 Å². The number of likely N-dealkylation sites (N-methyl/N-ethyl adjacent to an activating group) is 1. The number of aryl methyl sites for hydroxylation is 2. The average Bonchev–Trinajstić information content (AvgIpc) is 2.96. The molecule has 1 unspecified atom stereocenters. The van der Waals surface area contributed by atoms with Crippen LogP contribution in [0.5, 0.6) is 0 Å². The smallest absolute Gasteiger partial charge is 0.246 e. The van der Waals surface area contributed by atoms with E-state index in [1.807, 2.05) is 39.8 Å². The molecule has 7 nitrogen and oxygen atoms in total. The third-order valence-electron chi connectivity index (χ3n) is 4.04. The molecule has 0 spiro atoms. The number of rotatable bonds is 5. The predicted octanol–water partition coefficient (Wildman–Crippen LogP) is 2.61. The Kier molecular flexibility index (Phi) is 5.82. The Bertz CT molecular complexity index is 805. The minimum absolute atomic E-state index is 0.0764. The number of nitrogens with one attached hydrogen (secondary N) is 3. The van der Waals surface area contributed by atoms with E-state index in [0.717, 1.165) is 11.1 Å². The van der Waals surface area contributed by atoms with E-state index < -0.39 is 11.5 Å². The largest absolute Gasteiger partial charge is 0.325 e. The fourth-order valence-corrected chi connectivity index (χ4v) is 2.40. The van der Waals surface area contributed by atoms with Crippen molar-refractivity contribution in [2.75, 3.05) is 17.7 Å². The van der Waals surface area contributed by atoms with Gasteiger partial charge in [0.05, 0.1) is 6.20 Å². The minimum atomic E-state index is -0.516. The number of carbonyl (C=O) groups excluding carboxylic acids is 2. The zero-order valence-corrected chi connectivity index (χ0v) is 16.2. The molecule has 0 aliphatic heterocycles. The SMILES string of the molecule is CNC(C(=O)Nc1ccc(C)c(NC(=O)C(C)(C)C)c1)c1cnn(C)c1. The molecule has 0 aliphatic carbocycles. The van der Waals surface area contributed by atoms with Gasteiger partial charge in [0, 0.05) is 35.6 Å². The van der Waals surface area contributed by atoms with Gasteiger partial charge in [-0.25, -0.2) is 0 Å². The lowest BCUT2D eigenvalue weighted by Crippen LogP contribution is -2.30. The Balaban J connectivity index is 2.17. The van der Waals surface area contributed by atoms with Crippen LogP contribution in [0.2, 0.25) is 0 Å². The fourth-order valence-electron chi connectivity index (χ4n) is 2.40. The highest BCUT2D eigenvalue weighted by Crippen LogP contribution is 2.24. The standard InChI is InChI=1S/C19H27N5O2/c1-12-7-8-14(9-15(12)23-18(26)19(2,3)4)22-17(25)16(20-5)13-10-21-24(6)11-13/h7-11,16,20H,1-6H3,(H,22,25)(H,23,26). The van der Waals surface area contributed by atoms with Gasteiger partial charge in [-0.2, -0.15) is 5.10 Å². The van der Waals surface area contributed by atoms with Crippen LogP contribution in [-0.2, 0) is 16.6 Å². The summed E-state index contributed by atoms with van der Waals surface area (Å²) in [6.07, 6.45) is 3.45. The molecule has 1 aromatic carbocycles. The predicted molar refractivity (Wildman–Crippen MR) is 103 cm³/mol. The topological polar surface area (TPSA) is 88.1 Å². The molecule has 1 atom stereocenters. The van der Waals surface area contributed by atoms with Crippen molar-refractivity contribution < 1.29 is 9.59 Å². The minimum Gasteiger partial charge on any atom is -0.325 e. The highest BCUT2D eigenvalue weighted by Gasteiger charge is 2.23. The van der Waals surface area contributed by atoms with Crippen molar-refractivity contribution in [3.63, 3.8) is 0 Å². The highest BCUT2D eigenvalue weighted by molar-refractivity contribution is 5.98. The van der Waals surface area contributed by atoms with E-state index in [0.29, 0.717) is 11.4 Å². The molecule has 0 saturated heterocycles. The van der Waals surface area contributed by atoms with Crippen LogP contribution in [0, 0.1) is 12.3 Å². The normalized spacial score (nSPS) is 12.5. The van der Waals surface area contributed by atoms with Crippen molar-refractivity contribution >= 4 is 23.2 Å². The molecule has 2 amide bonds. The lowest BCUT2D eigenvalue weighted by molar-refractivity contribution is -0.123. The number of nitrogens with zero attached hydrogens (tertiary/aromatic N) is 2. The van der Waals surface area contributed by atoms with Gasteiger partial charge in [-0.3, -0.25) is 14.3 Å². The lowest BCUT2D eigenvalue weighted by atomic mass is 9.95. The Hall–Kier alpha value is -2.67. The molecule has 0 aliphatic rings. The fraction of sp³-hybridized carbons (Fsp3) is 0.421. The van der Waals surface area contributed by atoms with Crippen molar-refractivity contribution in [2.24, 2.45) is 12.5 Å². The Morgan fingerprint density at radius 3 is 2.42 bits per heavy atom. The molecule has 1 heterocycles. The third-order valence-corrected chi connectivity index (χ3v) is 4.04. The summed E-state index contributed by atoms with van der Waals surface area (Å²) in [7, 11) is 3.53. The summed E-state index contributed by atoms with van der Waals surface area (Å²) < 4.78 is 1.65. The van der Waals surface area contributed by atoms with Crippen LogP contribution < -0.4 is 16.0 Å². The summed E-state index contributed by atoms with van der Waals surface area (Å²) in [5, 5.41) is 12.9. The molecule has 0 bridgehead atoms. The molecular formula is C19H27N5O2. The van der Waals surface area contributed by atoms with Gasteiger partial charge >= 0.3 is 0 Å². The van der Waals surface area contributed by atoms with E-state index in [-0.39, 0.29) is 11.8 Å². The summed E-state index contributed by atoms with van der Waals surface area (Å²) >= 11 is 0. The first-order chi connectivity index (χ1) is 12.1. The number of anilines is 2. The monoisotopic (exact) mass is 357 g/mol. The highest BCUT2D eigenvalue weighted by atomic mass is 16.2. The summed E-state index contributed by atoms with van der Waals surface area (Å²) in [5.41, 5.74) is 2.52. The molecular weight excluding hydrogens is 330 g/mol. The van der Waals surface area contributed by atoms with E-state index >= 15 is 0 Å². The van der Waals surface area contributed by atoms with Crippen LogP contribution in [0.25, 0.3) is 0 Å². The van der Waals surface area contributed by atoms with Crippen LogP contribution in [0.15, 0.2) is 30.6 Å². The number of hydrogen-bond donors (Lipinski definition) is 3. The number of hydrogen-bond acceptors (Lipinski definition) is 4. The molecule has 26 heavy (non-hydrogen) atoms. The van der Waals surface area contributed by atoms with Crippen molar-refractivity contribution in [3.8, 4) is 0 Å². The molecule has 140 valence electrons. The maximum atomic E-state index is 12.6. The maximum Gasteiger partial charge on any atom is 0.246 e. The summed E-state index contributed by atoms with van der Waals surface area (Å²) in [6.45, 7) is 7.48. The summed E-state index contributed by atoms with van der Waals surface area (Å²) in [4.78, 5) is 24.9. The summed E-state index contributed by atoms with van der Waals surface area (Å²) in [5.74, 6) is -0.273. The first-order valence-electron chi connectivity index (χ1n) is 8.50. The third kappa shape index (κ3) is 4.70. The van der Waals surface area contributed by atoms with Crippen LogP contribution >= 0.6 is 0 Å². The van der Waals surface area contributed by atoms with E-state index in [9.17, 15) is 9.59 Å². The van der Waals surface area contributed by atoms with Gasteiger partial charge < -0.3 is 16.0 Å². The first-order valence-corrected chi connectivity index (χ1v) is 8.50. The molecule has 0 saturated carbocycles. The molecule has 3 N–H and O–H groups in total. The van der Waals surface area contributed by atoms with Crippen LogP contribution in [-0.4, -0.2) is 28.6 Å². The number of carbonyl (C=O) groups is 2. The van der Waals surface area contributed by atoms with Crippen molar-refractivity contribution in [1.29, 1.82) is 0 Å². The van der Waals surface area contributed by atoms with Crippen molar-refractivity contribution in [2.45, 2.75) is 33.7 Å². The van der Waals surface area contributed by atoms with Crippen molar-refractivity contribution in [3.05, 3.63) is 41.7 Å². The van der Waals surface area contributed by atoms with Crippen LogP contribution in [0.3, 0.4) is 0 Å². The Morgan fingerprint density at radius 2 is 1.88 bits per heavy atom. The van der Waals surface area contributed by atoms with E-state index in [4.69, 9.17) is 0 Å². The maximum absolute atomic E-state index is 12.6. The van der Waals surface area contributed by atoms with Gasteiger partial charge in [-0.1, -0.05) is 26.8 Å². The summed E-state index contributed by atoms with van der Waals surface area (Å²) in [6, 6.07) is 4.94. The quantitative estimate of drug-likeness (QED) is 0.767. The average molecular weight is 357 g/mol.